The zero-order valence-electron chi connectivity index (χ0n) is 14.7. The molecule has 1 aromatic heterocycles. The number of carboxylic acids is 1. The second-order valence-corrected chi connectivity index (χ2v) is 8.01. The summed E-state index contributed by atoms with van der Waals surface area (Å²) in [6.45, 7) is 3.72. The van der Waals surface area contributed by atoms with E-state index in [1.165, 1.54) is 9.75 Å². The molecule has 1 atom stereocenters. The highest BCUT2D eigenvalue weighted by atomic mass is 32.1. The smallest absolute Gasteiger partial charge is 0.317 e. The average molecular weight is 353 g/mol. The summed E-state index contributed by atoms with van der Waals surface area (Å²) in [6, 6.07) is 4.54. The van der Waals surface area contributed by atoms with Crippen LogP contribution < -0.4 is 0 Å². The summed E-state index contributed by atoms with van der Waals surface area (Å²) in [6.07, 6.45) is 5.25. The van der Waals surface area contributed by atoms with Gasteiger partial charge in [-0.3, -0.25) is 14.5 Å². The van der Waals surface area contributed by atoms with Crippen LogP contribution in [-0.2, 0) is 16.0 Å². The van der Waals surface area contributed by atoms with Gasteiger partial charge in [-0.1, -0.05) is 0 Å². The molecular weight excluding hydrogens is 324 g/mol. The third kappa shape index (κ3) is 5.91. The van der Waals surface area contributed by atoms with Crippen molar-refractivity contribution in [2.24, 2.45) is 0 Å². The predicted molar refractivity (Wildman–Crippen MR) is 96.5 cm³/mol. The van der Waals surface area contributed by atoms with Crippen LogP contribution in [0.15, 0.2) is 12.1 Å². The Morgan fingerprint density at radius 3 is 2.79 bits per heavy atom. The molecule has 6 heteroatoms. The first-order valence-corrected chi connectivity index (χ1v) is 9.52. The fourth-order valence-corrected chi connectivity index (χ4v) is 4.23. The quantitative estimate of drug-likeness (QED) is 0.820. The van der Waals surface area contributed by atoms with E-state index in [0.29, 0.717) is 6.42 Å². The number of hydrogen-bond acceptors (Lipinski definition) is 4. The van der Waals surface area contributed by atoms with Crippen LogP contribution in [0.4, 0.5) is 0 Å². The van der Waals surface area contributed by atoms with Gasteiger partial charge in [0.05, 0.1) is 6.54 Å². The van der Waals surface area contributed by atoms with Crippen LogP contribution in [-0.4, -0.2) is 59.5 Å². The van der Waals surface area contributed by atoms with Gasteiger partial charge in [0.1, 0.15) is 0 Å². The zero-order valence-corrected chi connectivity index (χ0v) is 15.5. The molecule has 1 saturated heterocycles. The third-order valence-electron chi connectivity index (χ3n) is 4.67. The summed E-state index contributed by atoms with van der Waals surface area (Å²) >= 11 is 1.81. The van der Waals surface area contributed by atoms with Crippen molar-refractivity contribution in [3.05, 3.63) is 21.9 Å². The molecule has 1 aliphatic heterocycles. The van der Waals surface area contributed by atoms with Crippen LogP contribution in [0.5, 0.6) is 0 Å². The highest BCUT2D eigenvalue weighted by Gasteiger charge is 2.23. The van der Waals surface area contributed by atoms with Crippen molar-refractivity contribution in [2.45, 2.75) is 51.5 Å². The molecule has 134 valence electrons. The van der Waals surface area contributed by atoms with Crippen LogP contribution in [0, 0.1) is 6.92 Å². The minimum absolute atomic E-state index is 0.0683. The number of likely N-dealkylation sites (tertiary alicyclic amines) is 1. The third-order valence-corrected chi connectivity index (χ3v) is 5.73. The molecule has 24 heavy (non-hydrogen) atoms. The highest BCUT2D eigenvalue weighted by molar-refractivity contribution is 7.11. The van der Waals surface area contributed by atoms with Crippen molar-refractivity contribution in [3.8, 4) is 0 Å². The lowest BCUT2D eigenvalue weighted by Crippen LogP contribution is -2.37. The molecule has 0 saturated carbocycles. The van der Waals surface area contributed by atoms with Crippen LogP contribution in [0.25, 0.3) is 0 Å². The monoisotopic (exact) mass is 352 g/mol. The predicted octanol–water partition coefficient (Wildman–Crippen LogP) is 2.78. The van der Waals surface area contributed by atoms with Crippen LogP contribution in [0.1, 0.15) is 41.9 Å². The highest BCUT2D eigenvalue weighted by Crippen LogP contribution is 2.19. The summed E-state index contributed by atoms with van der Waals surface area (Å²) in [7, 11) is 1.86. The van der Waals surface area contributed by atoms with Crippen molar-refractivity contribution < 1.29 is 14.7 Å². The Morgan fingerprint density at radius 1 is 1.33 bits per heavy atom. The van der Waals surface area contributed by atoms with Crippen LogP contribution >= 0.6 is 11.3 Å². The Morgan fingerprint density at radius 2 is 2.12 bits per heavy atom. The fourth-order valence-electron chi connectivity index (χ4n) is 3.30. The molecule has 1 N–H and O–H groups in total. The minimum Gasteiger partial charge on any atom is -0.480 e. The number of likely N-dealkylation sites (N-methyl/N-ethyl adjacent to an activating group) is 1. The van der Waals surface area contributed by atoms with Gasteiger partial charge in [0, 0.05) is 35.3 Å². The van der Waals surface area contributed by atoms with Crippen molar-refractivity contribution >= 4 is 23.2 Å². The number of carbonyl (C=O) groups is 2. The van der Waals surface area contributed by atoms with E-state index in [0.717, 1.165) is 45.2 Å². The molecular formula is C18H28N2O3S. The summed E-state index contributed by atoms with van der Waals surface area (Å²) in [5.41, 5.74) is 0. The maximum absolute atomic E-state index is 12.4. The Balaban J connectivity index is 1.74. The second-order valence-electron chi connectivity index (χ2n) is 6.64. The summed E-state index contributed by atoms with van der Waals surface area (Å²) in [5.74, 6) is -0.552. The largest absolute Gasteiger partial charge is 0.480 e. The van der Waals surface area contributed by atoms with Crippen molar-refractivity contribution in [1.82, 2.24) is 9.80 Å². The number of nitrogens with zero attached hydrogens (tertiary/aromatic N) is 2. The molecule has 1 unspecified atom stereocenters. The molecule has 0 bridgehead atoms. The summed E-state index contributed by atoms with van der Waals surface area (Å²) in [5, 5.41) is 8.91. The van der Waals surface area contributed by atoms with Crippen LogP contribution in [0.3, 0.4) is 0 Å². The van der Waals surface area contributed by atoms with Gasteiger partial charge in [-0.2, -0.15) is 0 Å². The van der Waals surface area contributed by atoms with Crippen LogP contribution in [0.2, 0.25) is 0 Å². The SMILES string of the molecule is Cc1ccc(CCCC(=O)N2CCCC(N(C)CC(=O)O)CC2)s1. The maximum atomic E-state index is 12.4. The number of amides is 1. The number of hydrogen-bond donors (Lipinski definition) is 1. The number of carboxylic acid groups (broad SMARTS) is 1. The molecule has 0 aromatic carbocycles. The van der Waals surface area contributed by atoms with E-state index in [1.54, 1.807) is 0 Å². The summed E-state index contributed by atoms with van der Waals surface area (Å²) in [4.78, 5) is 29.8. The maximum Gasteiger partial charge on any atom is 0.317 e. The molecule has 1 fully saturated rings. The van der Waals surface area contributed by atoms with Gasteiger partial charge in [0.25, 0.3) is 0 Å². The van der Waals surface area contributed by atoms with E-state index >= 15 is 0 Å². The minimum atomic E-state index is -0.793. The van der Waals surface area contributed by atoms with Gasteiger partial charge in [-0.25, -0.2) is 0 Å². The van der Waals surface area contributed by atoms with Crippen molar-refractivity contribution in [1.29, 1.82) is 0 Å². The standard InChI is InChI=1S/C18H28N2O3S/c1-14-8-9-16(24-14)6-3-7-17(21)20-11-4-5-15(10-12-20)19(2)13-18(22)23/h8-9,15H,3-7,10-13H2,1-2H3,(H,22,23). The number of aliphatic carboxylic acids is 1. The number of aryl methyl sites for hydroxylation is 2. The molecule has 2 rings (SSSR count). The van der Waals surface area contributed by atoms with E-state index in [-0.39, 0.29) is 18.5 Å². The Kier molecular flexibility index (Phi) is 7.24. The van der Waals surface area contributed by atoms with E-state index in [1.807, 2.05) is 28.2 Å². The van der Waals surface area contributed by atoms with Gasteiger partial charge in [-0.05, 0) is 58.2 Å². The molecule has 0 spiro atoms. The van der Waals surface area contributed by atoms with E-state index < -0.39 is 5.97 Å². The summed E-state index contributed by atoms with van der Waals surface area (Å²) < 4.78 is 0. The lowest BCUT2D eigenvalue weighted by atomic mass is 10.1. The normalized spacial score (nSPS) is 18.6. The zero-order chi connectivity index (χ0) is 17.5. The van der Waals surface area contributed by atoms with Gasteiger partial charge >= 0.3 is 5.97 Å². The van der Waals surface area contributed by atoms with Gasteiger partial charge < -0.3 is 10.0 Å². The Labute approximate surface area is 148 Å². The second kappa shape index (κ2) is 9.18. The first-order chi connectivity index (χ1) is 11.5. The first-order valence-electron chi connectivity index (χ1n) is 8.71. The van der Waals surface area contributed by atoms with E-state index in [9.17, 15) is 9.59 Å². The molecule has 2 heterocycles. The number of thiophene rings is 1. The molecule has 1 amide bonds. The van der Waals surface area contributed by atoms with E-state index in [4.69, 9.17) is 5.11 Å². The van der Waals surface area contributed by atoms with Crippen molar-refractivity contribution in [3.63, 3.8) is 0 Å². The lowest BCUT2D eigenvalue weighted by molar-refractivity contribution is -0.138. The molecule has 0 aliphatic carbocycles. The lowest BCUT2D eigenvalue weighted by Gasteiger charge is -2.25. The van der Waals surface area contributed by atoms with E-state index in [2.05, 4.69) is 19.1 Å². The van der Waals surface area contributed by atoms with Gasteiger partial charge in [0.2, 0.25) is 5.91 Å². The molecule has 1 aliphatic rings. The average Bonchev–Trinajstić information content (AvgIpc) is 2.79. The first kappa shape index (κ1) is 18.9. The fraction of sp³-hybridized carbons (Fsp3) is 0.667. The molecule has 0 radical (unpaired) electrons. The number of carbonyl (C=O) groups excluding carboxylic acids is 1. The van der Waals surface area contributed by atoms with Gasteiger partial charge in [-0.15, -0.1) is 11.3 Å². The Bertz CT molecular complexity index is 558. The Hall–Kier alpha value is -1.40. The molecule has 5 nitrogen and oxygen atoms in total. The van der Waals surface area contributed by atoms with Gasteiger partial charge in [0.15, 0.2) is 0 Å². The van der Waals surface area contributed by atoms with Crippen molar-refractivity contribution in [2.75, 3.05) is 26.7 Å². The number of rotatable bonds is 7. The molecule has 1 aromatic rings. The topological polar surface area (TPSA) is 60.9 Å².